The Morgan fingerprint density at radius 2 is 1.95 bits per heavy atom. The number of hydroxylamine groups is 1. The second-order valence-electron chi connectivity index (χ2n) is 10.5. The van der Waals surface area contributed by atoms with Crippen molar-refractivity contribution < 1.29 is 33.0 Å². The van der Waals surface area contributed by atoms with Crippen molar-refractivity contribution in [1.29, 1.82) is 0 Å². The average Bonchev–Trinajstić information content (AvgIpc) is 2.97. The molecule has 1 atom stereocenters. The lowest BCUT2D eigenvalue weighted by Gasteiger charge is -2.40. The number of aromatic nitrogens is 1. The van der Waals surface area contributed by atoms with Gasteiger partial charge in [-0.3, -0.25) is 15.0 Å². The first-order valence-electron chi connectivity index (χ1n) is 13.3. The highest BCUT2D eigenvalue weighted by Crippen LogP contribution is 2.41. The molecule has 2 aromatic carbocycles. The van der Waals surface area contributed by atoms with Crippen molar-refractivity contribution in [3.8, 4) is 5.75 Å². The molecule has 0 saturated carbocycles. The van der Waals surface area contributed by atoms with Gasteiger partial charge in [0.15, 0.2) is 11.6 Å². The monoisotopic (exact) mass is 592 g/mol. The van der Waals surface area contributed by atoms with Crippen LogP contribution in [0.2, 0.25) is 0 Å². The fraction of sp³-hybridized carbons (Fsp3) is 0.448. The van der Waals surface area contributed by atoms with Crippen LogP contribution in [0, 0.1) is 22.9 Å². The summed E-state index contributed by atoms with van der Waals surface area (Å²) < 4.78 is 46.3. The topological polar surface area (TPSA) is 98.2 Å². The highest BCUT2D eigenvalue weighted by atomic mass is 32.2. The molecule has 3 aromatic rings. The van der Waals surface area contributed by atoms with Crippen LogP contribution in [0.5, 0.6) is 5.75 Å². The molecule has 1 aliphatic rings. The van der Waals surface area contributed by atoms with E-state index in [0.29, 0.717) is 67.5 Å². The number of nitrogens with one attached hydrogen (secondary N) is 1. The second kappa shape index (κ2) is 13.3. The van der Waals surface area contributed by atoms with Crippen LogP contribution in [-0.2, 0) is 4.79 Å². The van der Waals surface area contributed by atoms with Crippen LogP contribution in [0.4, 0.5) is 18.9 Å². The van der Waals surface area contributed by atoms with Crippen molar-refractivity contribution in [3.63, 3.8) is 0 Å². The number of carbonyl (C=O) groups is 1. The van der Waals surface area contributed by atoms with E-state index in [0.717, 1.165) is 28.9 Å². The van der Waals surface area contributed by atoms with Crippen LogP contribution in [0.25, 0.3) is 10.9 Å². The zero-order valence-electron chi connectivity index (χ0n) is 23.3. The highest BCUT2D eigenvalue weighted by Gasteiger charge is 2.41. The number of hydrogen-bond acceptors (Lipinski definition) is 8. The fourth-order valence-corrected chi connectivity index (χ4v) is 6.40. The number of aliphatic hydroxyl groups is 1. The van der Waals surface area contributed by atoms with E-state index in [4.69, 9.17) is 4.74 Å². The summed E-state index contributed by atoms with van der Waals surface area (Å²) in [5, 5.41) is 21.8. The summed E-state index contributed by atoms with van der Waals surface area (Å²) in [5.74, 6) is -2.57. The number of nitrogens with zero attached hydrogens (tertiary/aromatic N) is 3. The van der Waals surface area contributed by atoms with Gasteiger partial charge in [-0.1, -0.05) is 0 Å². The zero-order valence-corrected chi connectivity index (χ0v) is 24.1. The number of fused-ring (bicyclic) bond motifs is 1. The number of piperidine rings is 1. The number of carbonyl (C=O) groups excluding carboxylic acids is 1. The molecule has 4 rings (SSSR count). The summed E-state index contributed by atoms with van der Waals surface area (Å²) >= 11 is 1.03. The van der Waals surface area contributed by atoms with Crippen molar-refractivity contribution in [1.82, 2.24) is 15.4 Å². The van der Waals surface area contributed by atoms with E-state index in [1.54, 1.807) is 19.4 Å². The van der Waals surface area contributed by atoms with Gasteiger partial charge in [0, 0.05) is 48.3 Å². The van der Waals surface area contributed by atoms with Gasteiger partial charge >= 0.3 is 0 Å². The smallest absolute Gasteiger partial charge is 0.249 e. The number of hydrogen-bond donors (Lipinski definition) is 3. The Morgan fingerprint density at radius 3 is 2.61 bits per heavy atom. The number of thioether (sulfide) groups is 1. The molecule has 1 amide bonds. The lowest BCUT2D eigenvalue weighted by molar-refractivity contribution is -0.143. The Hall–Kier alpha value is -3.06. The number of anilines is 1. The normalized spacial score (nSPS) is 16.0. The van der Waals surface area contributed by atoms with Gasteiger partial charge in [0.2, 0.25) is 5.91 Å². The predicted octanol–water partition coefficient (Wildman–Crippen LogP) is 4.92. The number of benzene rings is 2. The lowest BCUT2D eigenvalue weighted by atomic mass is 9.73. The molecule has 1 saturated heterocycles. The van der Waals surface area contributed by atoms with E-state index in [-0.39, 0.29) is 11.3 Å². The van der Waals surface area contributed by atoms with Crippen LogP contribution in [0.1, 0.15) is 37.4 Å². The first kappa shape index (κ1) is 30.9. The van der Waals surface area contributed by atoms with Gasteiger partial charge < -0.3 is 19.6 Å². The van der Waals surface area contributed by atoms with E-state index in [2.05, 4.69) is 9.88 Å². The Balaban J connectivity index is 1.44. The minimum Gasteiger partial charge on any atom is -0.497 e. The third-order valence-corrected chi connectivity index (χ3v) is 8.82. The molecule has 0 bridgehead atoms. The van der Waals surface area contributed by atoms with Gasteiger partial charge in [-0.05, 0) is 63.0 Å². The second-order valence-corrected chi connectivity index (χ2v) is 11.6. The van der Waals surface area contributed by atoms with Crippen LogP contribution < -0.4 is 15.1 Å². The standard InChI is InChI=1S/C29H35F3N4O4S/c1-35(2)23-17-33-22-5-4-19(40-3)16-20(22)26(23)24(37)6-7-29(28(38)34-39)8-10-36(11-9-29)12-13-41-25-15-18(30)14-21(31)27(25)32/h4-5,14-17,24,37,39H,6-13H2,1-3H3,(H,34,38). The average molecular weight is 593 g/mol. The molecule has 8 nitrogen and oxygen atoms in total. The summed E-state index contributed by atoms with van der Waals surface area (Å²) in [6, 6.07) is 6.97. The molecule has 2 heterocycles. The van der Waals surface area contributed by atoms with Crippen molar-refractivity contribution in [2.75, 3.05) is 51.5 Å². The van der Waals surface area contributed by atoms with E-state index in [1.165, 1.54) is 0 Å². The third kappa shape index (κ3) is 6.88. The lowest BCUT2D eigenvalue weighted by Crippen LogP contribution is -2.48. The maximum atomic E-state index is 14.0. The van der Waals surface area contributed by atoms with Crippen LogP contribution in [0.3, 0.4) is 0 Å². The largest absolute Gasteiger partial charge is 0.497 e. The number of likely N-dealkylation sites (tertiary alicyclic amines) is 1. The summed E-state index contributed by atoms with van der Waals surface area (Å²) in [6.07, 6.45) is 2.27. The van der Waals surface area contributed by atoms with Gasteiger partial charge in [0.1, 0.15) is 11.6 Å². The molecule has 12 heteroatoms. The molecular formula is C29H35F3N4O4S. The van der Waals surface area contributed by atoms with Crippen molar-refractivity contribution >= 4 is 34.3 Å². The molecule has 3 N–H and O–H groups in total. The SMILES string of the molecule is COc1ccc2ncc(N(C)C)c(C(O)CCC3(C(=O)NO)CCN(CCSc4cc(F)cc(F)c4F)CC3)c2c1. The number of ether oxygens (including phenoxy) is 1. The number of amides is 1. The quantitative estimate of drug-likeness (QED) is 0.125. The van der Waals surface area contributed by atoms with Crippen LogP contribution in [0.15, 0.2) is 41.4 Å². The number of aliphatic hydroxyl groups excluding tert-OH is 1. The van der Waals surface area contributed by atoms with Crippen molar-refractivity contribution in [2.24, 2.45) is 5.41 Å². The van der Waals surface area contributed by atoms with E-state index in [9.17, 15) is 28.3 Å². The minimum absolute atomic E-state index is 0.0825. The molecule has 1 aliphatic heterocycles. The van der Waals surface area contributed by atoms with Gasteiger partial charge in [0.25, 0.3) is 0 Å². The zero-order chi connectivity index (χ0) is 29.7. The van der Waals surface area contributed by atoms with Crippen LogP contribution >= 0.6 is 11.8 Å². The summed E-state index contributed by atoms with van der Waals surface area (Å²) in [5.41, 5.74) is 3.07. The van der Waals surface area contributed by atoms with Gasteiger partial charge in [0.05, 0.1) is 36.0 Å². The maximum Gasteiger partial charge on any atom is 0.249 e. The Labute approximate surface area is 241 Å². The fourth-order valence-electron chi connectivity index (χ4n) is 5.41. The summed E-state index contributed by atoms with van der Waals surface area (Å²) in [7, 11) is 5.31. The molecule has 41 heavy (non-hydrogen) atoms. The number of rotatable bonds is 11. The Bertz CT molecular complexity index is 1390. The maximum absolute atomic E-state index is 14.0. The Kier molecular flexibility index (Phi) is 10.0. The van der Waals surface area contributed by atoms with Crippen LogP contribution in [-0.4, -0.2) is 72.7 Å². The third-order valence-electron chi connectivity index (χ3n) is 7.83. The van der Waals surface area contributed by atoms with E-state index < -0.39 is 34.9 Å². The van der Waals surface area contributed by atoms with E-state index in [1.807, 2.05) is 36.6 Å². The molecule has 1 aromatic heterocycles. The number of methoxy groups -OCH3 is 1. The number of halogens is 3. The first-order chi connectivity index (χ1) is 19.6. The molecule has 222 valence electrons. The van der Waals surface area contributed by atoms with Gasteiger partial charge in [-0.25, -0.2) is 18.7 Å². The molecule has 0 spiro atoms. The predicted molar refractivity (Wildman–Crippen MR) is 152 cm³/mol. The Morgan fingerprint density at radius 1 is 1.22 bits per heavy atom. The van der Waals surface area contributed by atoms with Gasteiger partial charge in [-0.2, -0.15) is 0 Å². The molecule has 0 aliphatic carbocycles. The molecular weight excluding hydrogens is 557 g/mol. The summed E-state index contributed by atoms with van der Waals surface area (Å²) in [4.78, 5) is 21.3. The minimum atomic E-state index is -1.22. The molecule has 1 fully saturated rings. The van der Waals surface area contributed by atoms with Crippen molar-refractivity contribution in [3.05, 3.63) is 59.5 Å². The van der Waals surface area contributed by atoms with E-state index >= 15 is 0 Å². The van der Waals surface area contributed by atoms with Crippen molar-refractivity contribution in [2.45, 2.75) is 36.7 Å². The first-order valence-corrected chi connectivity index (χ1v) is 14.3. The van der Waals surface area contributed by atoms with Gasteiger partial charge in [-0.15, -0.1) is 11.8 Å². The number of pyridine rings is 1. The molecule has 0 radical (unpaired) electrons. The highest BCUT2D eigenvalue weighted by molar-refractivity contribution is 7.99. The molecule has 1 unspecified atom stereocenters. The summed E-state index contributed by atoms with van der Waals surface area (Å²) in [6.45, 7) is 1.59.